The van der Waals surface area contributed by atoms with E-state index in [-0.39, 0.29) is 11.9 Å². The van der Waals surface area contributed by atoms with E-state index in [1.807, 2.05) is 56.3 Å². The lowest BCUT2D eigenvalue weighted by Gasteiger charge is -2.53. The molecule has 1 saturated heterocycles. The Kier molecular flexibility index (Phi) is 4.92. The second-order valence-corrected chi connectivity index (χ2v) is 9.99. The van der Waals surface area contributed by atoms with Crippen LogP contribution in [0.1, 0.15) is 18.1 Å². The molecule has 5 nitrogen and oxygen atoms in total. The van der Waals surface area contributed by atoms with Crippen molar-refractivity contribution in [2.45, 2.75) is 26.3 Å². The Bertz CT molecular complexity index is 1300. The summed E-state index contributed by atoms with van der Waals surface area (Å²) in [4.78, 5) is 19.1. The number of nitrogens with zero attached hydrogens (tertiary/aromatic N) is 4. The number of aryl methyl sites for hydroxylation is 1. The first-order valence-corrected chi connectivity index (χ1v) is 12.2. The largest absolute Gasteiger partial charge is 0.368 e. The first-order chi connectivity index (χ1) is 16.5. The minimum atomic E-state index is -0.712. The van der Waals surface area contributed by atoms with Crippen LogP contribution in [0.25, 0.3) is 0 Å². The van der Waals surface area contributed by atoms with Gasteiger partial charge in [0.15, 0.2) is 0 Å². The second kappa shape index (κ2) is 7.88. The number of halogens is 1. The molecule has 1 amide bonds. The van der Waals surface area contributed by atoms with E-state index >= 15 is 0 Å². The molecule has 34 heavy (non-hydrogen) atoms. The van der Waals surface area contributed by atoms with Gasteiger partial charge in [-0.2, -0.15) is 10.1 Å². The lowest BCUT2D eigenvalue weighted by atomic mass is 9.67. The van der Waals surface area contributed by atoms with E-state index in [0.717, 1.165) is 47.3 Å². The molecule has 0 unspecified atom stereocenters. The zero-order chi connectivity index (χ0) is 23.4. The molecule has 0 N–H and O–H groups in total. The predicted octanol–water partition coefficient (Wildman–Crippen LogP) is 5.31. The van der Waals surface area contributed by atoms with E-state index in [1.54, 1.807) is 5.01 Å². The maximum atomic E-state index is 14.3. The standard InChI is InChI=1S/C28H27ClN4O/c1-19-10-12-23(13-11-19)33-27(34)28(20(2)30-33)17-21-6-3-4-9-25(21)32-15-14-31(18-26(28)32)24-8-5-7-22(29)16-24/h3-13,16,26H,14-15,17-18H2,1-2H3/t26-,28-/m1/s1. The summed E-state index contributed by atoms with van der Waals surface area (Å²) in [6.45, 7) is 6.51. The lowest BCUT2D eigenvalue weighted by Crippen LogP contribution is -2.67. The van der Waals surface area contributed by atoms with Crippen LogP contribution in [0, 0.1) is 12.3 Å². The summed E-state index contributed by atoms with van der Waals surface area (Å²) in [6.07, 6.45) is 0.657. The molecular formula is C28H27ClN4O. The van der Waals surface area contributed by atoms with Gasteiger partial charge in [0.1, 0.15) is 5.41 Å². The van der Waals surface area contributed by atoms with E-state index in [2.05, 4.69) is 40.1 Å². The minimum Gasteiger partial charge on any atom is -0.368 e. The molecule has 0 bridgehead atoms. The molecule has 0 radical (unpaired) electrons. The monoisotopic (exact) mass is 470 g/mol. The third-order valence-corrected chi connectivity index (χ3v) is 7.88. The van der Waals surface area contributed by atoms with Gasteiger partial charge in [0.2, 0.25) is 0 Å². The van der Waals surface area contributed by atoms with E-state index in [1.165, 1.54) is 11.3 Å². The van der Waals surface area contributed by atoms with Crippen molar-refractivity contribution < 1.29 is 4.79 Å². The number of fused-ring (bicyclic) bond motifs is 4. The van der Waals surface area contributed by atoms with Crippen LogP contribution >= 0.6 is 11.6 Å². The third-order valence-electron chi connectivity index (χ3n) is 7.64. The number of carbonyl (C=O) groups excluding carboxylic acids is 1. The Hall–Kier alpha value is -3.31. The highest BCUT2D eigenvalue weighted by atomic mass is 35.5. The summed E-state index contributed by atoms with van der Waals surface area (Å²) in [6, 6.07) is 24.5. The van der Waals surface area contributed by atoms with Gasteiger partial charge in [-0.3, -0.25) is 4.79 Å². The van der Waals surface area contributed by atoms with Crippen LogP contribution in [0.2, 0.25) is 5.02 Å². The average molecular weight is 471 g/mol. The van der Waals surface area contributed by atoms with Crippen LogP contribution in [-0.2, 0) is 11.2 Å². The molecule has 3 aliphatic heterocycles. The normalized spacial score (nSPS) is 23.7. The first kappa shape index (κ1) is 21.2. The SMILES string of the molecule is CC1=NN(c2ccc(C)cc2)C(=O)[C@]12Cc1ccccc1N1CCN(c3cccc(Cl)c3)C[C@@H]12. The van der Waals surface area contributed by atoms with Gasteiger partial charge >= 0.3 is 0 Å². The number of benzene rings is 3. The predicted molar refractivity (Wildman–Crippen MR) is 139 cm³/mol. The fourth-order valence-electron chi connectivity index (χ4n) is 5.84. The molecule has 0 aromatic heterocycles. The smallest absolute Gasteiger partial charge is 0.261 e. The van der Waals surface area contributed by atoms with Gasteiger partial charge in [-0.15, -0.1) is 0 Å². The van der Waals surface area contributed by atoms with Gasteiger partial charge in [-0.25, -0.2) is 0 Å². The second-order valence-electron chi connectivity index (χ2n) is 9.55. The Labute approximate surface area is 205 Å². The minimum absolute atomic E-state index is 0.0261. The van der Waals surface area contributed by atoms with Crippen molar-refractivity contribution >= 4 is 40.3 Å². The molecule has 1 fully saturated rings. The van der Waals surface area contributed by atoms with E-state index in [4.69, 9.17) is 16.7 Å². The van der Waals surface area contributed by atoms with Crippen LogP contribution in [0.5, 0.6) is 0 Å². The fraction of sp³-hybridized carbons (Fsp3) is 0.286. The molecular weight excluding hydrogens is 444 g/mol. The van der Waals surface area contributed by atoms with Crippen molar-refractivity contribution in [3.05, 3.63) is 88.9 Å². The Balaban J connectivity index is 1.44. The van der Waals surface area contributed by atoms with Gasteiger partial charge in [0.25, 0.3) is 5.91 Å². The molecule has 0 saturated carbocycles. The maximum Gasteiger partial charge on any atom is 0.261 e. The highest BCUT2D eigenvalue weighted by Gasteiger charge is 2.59. The Morgan fingerprint density at radius 2 is 1.74 bits per heavy atom. The molecule has 2 atom stereocenters. The quantitative estimate of drug-likeness (QED) is 0.509. The Morgan fingerprint density at radius 1 is 0.941 bits per heavy atom. The van der Waals surface area contributed by atoms with Crippen molar-refractivity contribution in [2.75, 3.05) is 34.4 Å². The lowest BCUT2D eigenvalue weighted by molar-refractivity contribution is -0.125. The summed E-state index contributed by atoms with van der Waals surface area (Å²) in [5.74, 6) is 0.0614. The average Bonchev–Trinajstić information content (AvgIpc) is 3.10. The van der Waals surface area contributed by atoms with Gasteiger partial charge < -0.3 is 9.80 Å². The zero-order valence-corrected chi connectivity index (χ0v) is 20.2. The number of carbonyl (C=O) groups is 1. The van der Waals surface area contributed by atoms with Crippen LogP contribution in [0.15, 0.2) is 77.9 Å². The third kappa shape index (κ3) is 3.14. The van der Waals surface area contributed by atoms with Crippen molar-refractivity contribution in [2.24, 2.45) is 10.5 Å². The van der Waals surface area contributed by atoms with E-state index in [9.17, 15) is 4.79 Å². The molecule has 3 heterocycles. The number of piperazine rings is 1. The van der Waals surface area contributed by atoms with Crippen LogP contribution < -0.4 is 14.8 Å². The summed E-state index contributed by atoms with van der Waals surface area (Å²) in [5.41, 5.74) is 5.69. The summed E-state index contributed by atoms with van der Waals surface area (Å²) >= 11 is 6.32. The molecule has 6 rings (SSSR count). The zero-order valence-electron chi connectivity index (χ0n) is 19.4. The topological polar surface area (TPSA) is 39.2 Å². The number of rotatable bonds is 2. The molecule has 3 aromatic carbocycles. The number of amides is 1. The van der Waals surface area contributed by atoms with Crippen LogP contribution in [-0.4, -0.2) is 37.3 Å². The Morgan fingerprint density at radius 3 is 2.53 bits per heavy atom. The number of anilines is 3. The van der Waals surface area contributed by atoms with Gasteiger partial charge in [-0.1, -0.05) is 53.6 Å². The van der Waals surface area contributed by atoms with Crippen molar-refractivity contribution in [1.82, 2.24) is 0 Å². The fourth-order valence-corrected chi connectivity index (χ4v) is 6.02. The number of hydrogen-bond acceptors (Lipinski definition) is 4. The number of para-hydroxylation sites is 1. The van der Waals surface area contributed by atoms with Crippen molar-refractivity contribution in [3.63, 3.8) is 0 Å². The maximum absolute atomic E-state index is 14.3. The summed E-state index contributed by atoms with van der Waals surface area (Å²) in [7, 11) is 0. The molecule has 3 aliphatic rings. The number of hydrogen-bond donors (Lipinski definition) is 0. The first-order valence-electron chi connectivity index (χ1n) is 11.8. The highest BCUT2D eigenvalue weighted by Crippen LogP contribution is 2.48. The molecule has 6 heteroatoms. The molecule has 1 spiro atoms. The molecule has 3 aromatic rings. The summed E-state index contributed by atoms with van der Waals surface area (Å²) in [5, 5.41) is 7.21. The van der Waals surface area contributed by atoms with Crippen LogP contribution in [0.4, 0.5) is 17.1 Å². The molecule has 0 aliphatic carbocycles. The van der Waals surface area contributed by atoms with Gasteiger partial charge in [0.05, 0.1) is 17.4 Å². The van der Waals surface area contributed by atoms with Gasteiger partial charge in [-0.05, 0) is 62.2 Å². The van der Waals surface area contributed by atoms with Gasteiger partial charge in [0, 0.05) is 36.0 Å². The molecule has 172 valence electrons. The van der Waals surface area contributed by atoms with Crippen molar-refractivity contribution in [3.8, 4) is 0 Å². The highest BCUT2D eigenvalue weighted by molar-refractivity contribution is 6.30. The number of hydrazone groups is 1. The van der Waals surface area contributed by atoms with E-state index in [0.29, 0.717) is 6.42 Å². The van der Waals surface area contributed by atoms with E-state index < -0.39 is 5.41 Å². The van der Waals surface area contributed by atoms with Crippen LogP contribution in [0.3, 0.4) is 0 Å². The summed E-state index contributed by atoms with van der Waals surface area (Å²) < 4.78 is 0. The van der Waals surface area contributed by atoms with Crippen molar-refractivity contribution in [1.29, 1.82) is 0 Å².